The summed E-state index contributed by atoms with van der Waals surface area (Å²) in [6.45, 7) is 3.72. The van der Waals surface area contributed by atoms with E-state index < -0.39 is 0 Å². The fourth-order valence-corrected chi connectivity index (χ4v) is 1.93. The molecule has 17 heavy (non-hydrogen) atoms. The Morgan fingerprint density at radius 2 is 2.18 bits per heavy atom. The third kappa shape index (κ3) is 1.95. The number of aromatic nitrogens is 5. The van der Waals surface area contributed by atoms with Crippen LogP contribution in [0.3, 0.4) is 0 Å². The van der Waals surface area contributed by atoms with Crippen LogP contribution >= 0.6 is 11.6 Å². The van der Waals surface area contributed by atoms with Crippen LogP contribution in [0.25, 0.3) is 5.95 Å². The third-order valence-corrected chi connectivity index (χ3v) is 2.79. The first-order valence-electron chi connectivity index (χ1n) is 5.07. The highest BCUT2D eigenvalue weighted by Gasteiger charge is 2.17. The number of nitrogens with zero attached hydrogens (tertiary/aromatic N) is 5. The highest BCUT2D eigenvalue weighted by atomic mass is 35.5. The van der Waals surface area contributed by atoms with Crippen molar-refractivity contribution in [3.8, 4) is 5.95 Å². The zero-order valence-corrected chi connectivity index (χ0v) is 10.6. The highest BCUT2D eigenvalue weighted by molar-refractivity contribution is 6.30. The highest BCUT2D eigenvalue weighted by Crippen LogP contribution is 2.18. The normalized spacial score (nSPS) is 10.8. The molecule has 2 aromatic rings. The Morgan fingerprint density at radius 1 is 1.47 bits per heavy atom. The molecule has 0 bridgehead atoms. The van der Waals surface area contributed by atoms with Gasteiger partial charge in [0.05, 0.1) is 12.9 Å². The molecule has 0 atom stereocenters. The molecule has 2 aromatic heterocycles. The summed E-state index contributed by atoms with van der Waals surface area (Å²) in [7, 11) is 1.69. The second-order valence-corrected chi connectivity index (χ2v) is 4.02. The van der Waals surface area contributed by atoms with E-state index in [0.29, 0.717) is 11.5 Å². The molecule has 6 nitrogen and oxygen atoms in total. The van der Waals surface area contributed by atoms with Crippen molar-refractivity contribution < 1.29 is 4.79 Å². The summed E-state index contributed by atoms with van der Waals surface area (Å²) in [5.41, 5.74) is 2.26. The van der Waals surface area contributed by atoms with Gasteiger partial charge in [0.1, 0.15) is 0 Å². The Hall–Kier alpha value is -1.69. The molecule has 0 unspecified atom stereocenters. The van der Waals surface area contributed by atoms with E-state index in [-0.39, 0.29) is 11.7 Å². The number of ketones is 1. The molecule has 0 aliphatic rings. The number of Topliss-reactive ketones (excluding diaryl/α,β-unsaturated/α-hetero) is 1. The third-order valence-electron chi connectivity index (χ3n) is 2.55. The van der Waals surface area contributed by atoms with Gasteiger partial charge in [-0.05, 0) is 25.1 Å². The van der Waals surface area contributed by atoms with Crippen molar-refractivity contribution in [1.29, 1.82) is 0 Å². The van der Waals surface area contributed by atoms with Gasteiger partial charge in [-0.25, -0.2) is 0 Å². The number of halogens is 1. The maximum Gasteiger partial charge on any atom is 0.274 e. The number of hydrogen-bond acceptors (Lipinski definition) is 4. The lowest BCUT2D eigenvalue weighted by Crippen LogP contribution is -2.06. The quantitative estimate of drug-likeness (QED) is 0.606. The average Bonchev–Trinajstić information content (AvgIpc) is 2.82. The van der Waals surface area contributed by atoms with Crippen molar-refractivity contribution >= 4 is 17.4 Å². The summed E-state index contributed by atoms with van der Waals surface area (Å²) in [5, 5.41) is 11.8. The van der Waals surface area contributed by atoms with E-state index in [1.165, 1.54) is 4.80 Å². The molecule has 0 amide bonds. The Balaban J connectivity index is 2.56. The molecular weight excluding hydrogens is 242 g/mol. The Kier molecular flexibility index (Phi) is 2.97. The Labute approximate surface area is 103 Å². The van der Waals surface area contributed by atoms with Gasteiger partial charge in [0, 0.05) is 17.0 Å². The van der Waals surface area contributed by atoms with Gasteiger partial charge in [0.15, 0.2) is 5.78 Å². The van der Waals surface area contributed by atoms with E-state index >= 15 is 0 Å². The molecule has 2 heterocycles. The number of rotatable bonds is 3. The van der Waals surface area contributed by atoms with E-state index in [1.807, 2.05) is 13.8 Å². The van der Waals surface area contributed by atoms with Gasteiger partial charge in [0.2, 0.25) is 0 Å². The minimum absolute atomic E-state index is 0.0296. The van der Waals surface area contributed by atoms with E-state index in [2.05, 4.69) is 15.4 Å². The monoisotopic (exact) mass is 253 g/mol. The summed E-state index contributed by atoms with van der Waals surface area (Å²) < 4.78 is 1.78. The predicted octanol–water partition coefficient (Wildman–Crippen LogP) is 1.04. The molecule has 0 radical (unpaired) electrons. The van der Waals surface area contributed by atoms with Gasteiger partial charge in [-0.3, -0.25) is 9.36 Å². The zero-order valence-electron chi connectivity index (χ0n) is 9.81. The SMILES string of the molecule is Cc1cc(C(=O)CCl)c(C)n1-c1nnn(C)n1. The molecule has 0 spiro atoms. The second-order valence-electron chi connectivity index (χ2n) is 3.76. The molecule has 0 fully saturated rings. The molecule has 0 saturated heterocycles. The molecule has 0 N–H and O–H groups in total. The summed E-state index contributed by atoms with van der Waals surface area (Å²) in [6, 6.07) is 1.79. The molecule has 0 saturated carbocycles. The van der Waals surface area contributed by atoms with Gasteiger partial charge in [0.25, 0.3) is 5.95 Å². The zero-order chi connectivity index (χ0) is 12.6. The first kappa shape index (κ1) is 11.8. The number of tetrazole rings is 1. The van der Waals surface area contributed by atoms with Crippen LogP contribution in [-0.2, 0) is 7.05 Å². The lowest BCUT2D eigenvalue weighted by atomic mass is 10.2. The summed E-state index contributed by atoms with van der Waals surface area (Å²) in [5.74, 6) is 0.323. The molecule has 7 heteroatoms. The van der Waals surface area contributed by atoms with E-state index in [0.717, 1.165) is 11.4 Å². The van der Waals surface area contributed by atoms with Crippen LogP contribution in [-0.4, -0.2) is 36.4 Å². The topological polar surface area (TPSA) is 65.6 Å². The molecule has 0 aliphatic carbocycles. The van der Waals surface area contributed by atoms with Crippen LogP contribution in [0.1, 0.15) is 21.7 Å². The molecule has 0 aliphatic heterocycles. The van der Waals surface area contributed by atoms with Crippen LogP contribution in [0.5, 0.6) is 0 Å². The lowest BCUT2D eigenvalue weighted by Gasteiger charge is -2.03. The number of carbonyl (C=O) groups excluding carboxylic acids is 1. The minimum atomic E-state index is -0.102. The second kappa shape index (κ2) is 4.29. The van der Waals surface area contributed by atoms with E-state index in [4.69, 9.17) is 11.6 Å². The van der Waals surface area contributed by atoms with Crippen molar-refractivity contribution in [2.24, 2.45) is 7.05 Å². The minimum Gasteiger partial charge on any atom is -0.293 e. The lowest BCUT2D eigenvalue weighted by molar-refractivity contribution is 0.102. The Morgan fingerprint density at radius 3 is 2.71 bits per heavy atom. The smallest absolute Gasteiger partial charge is 0.274 e. The van der Waals surface area contributed by atoms with Gasteiger partial charge in [-0.1, -0.05) is 5.10 Å². The maximum atomic E-state index is 11.6. The van der Waals surface area contributed by atoms with Crippen LogP contribution in [0, 0.1) is 13.8 Å². The van der Waals surface area contributed by atoms with Crippen LogP contribution in [0.15, 0.2) is 6.07 Å². The Bertz CT molecular complexity index is 571. The summed E-state index contributed by atoms with van der Waals surface area (Å²) >= 11 is 5.56. The number of hydrogen-bond donors (Lipinski definition) is 0. The van der Waals surface area contributed by atoms with Crippen LogP contribution < -0.4 is 0 Å². The maximum absolute atomic E-state index is 11.6. The van der Waals surface area contributed by atoms with E-state index in [9.17, 15) is 4.79 Å². The van der Waals surface area contributed by atoms with Gasteiger partial charge in [-0.15, -0.1) is 16.7 Å². The van der Waals surface area contributed by atoms with Crippen molar-refractivity contribution in [1.82, 2.24) is 24.8 Å². The number of aryl methyl sites for hydroxylation is 2. The van der Waals surface area contributed by atoms with Crippen molar-refractivity contribution in [3.63, 3.8) is 0 Å². The molecule has 90 valence electrons. The summed E-state index contributed by atoms with van der Waals surface area (Å²) in [6.07, 6.45) is 0. The molecule has 0 aromatic carbocycles. The average molecular weight is 254 g/mol. The fourth-order valence-electron chi connectivity index (χ4n) is 1.79. The van der Waals surface area contributed by atoms with E-state index in [1.54, 1.807) is 17.7 Å². The van der Waals surface area contributed by atoms with Crippen molar-refractivity contribution in [3.05, 3.63) is 23.0 Å². The number of alkyl halides is 1. The predicted molar refractivity (Wildman–Crippen MR) is 62.6 cm³/mol. The van der Waals surface area contributed by atoms with Crippen molar-refractivity contribution in [2.75, 3.05) is 5.88 Å². The largest absolute Gasteiger partial charge is 0.293 e. The van der Waals surface area contributed by atoms with Crippen LogP contribution in [0.4, 0.5) is 0 Å². The fraction of sp³-hybridized carbons (Fsp3) is 0.400. The molecular formula is C10H12ClN5O. The first-order valence-corrected chi connectivity index (χ1v) is 5.60. The van der Waals surface area contributed by atoms with Crippen LogP contribution in [0.2, 0.25) is 0 Å². The summed E-state index contributed by atoms with van der Waals surface area (Å²) in [4.78, 5) is 13.0. The standard InChI is InChI=1S/C10H12ClN5O/c1-6-4-8(9(17)5-11)7(2)16(6)10-12-14-15(3)13-10/h4H,5H2,1-3H3. The van der Waals surface area contributed by atoms with Gasteiger partial charge < -0.3 is 0 Å². The first-order chi connectivity index (χ1) is 8.04. The number of carbonyl (C=O) groups is 1. The van der Waals surface area contributed by atoms with Gasteiger partial charge >= 0.3 is 0 Å². The van der Waals surface area contributed by atoms with Crippen molar-refractivity contribution in [2.45, 2.75) is 13.8 Å². The molecule has 2 rings (SSSR count). The van der Waals surface area contributed by atoms with Gasteiger partial charge in [-0.2, -0.15) is 4.80 Å².